The van der Waals surface area contributed by atoms with Gasteiger partial charge in [0.2, 0.25) is 5.91 Å². The highest BCUT2D eigenvalue weighted by Gasteiger charge is 2.47. The van der Waals surface area contributed by atoms with Crippen LogP contribution in [0.1, 0.15) is 125 Å². The lowest BCUT2D eigenvalue weighted by Crippen LogP contribution is -2.42. The Labute approximate surface area is 278 Å². The number of aliphatic imine (C=N–C) groups is 1. The molecule has 3 aromatic rings. The molecule has 4 heteroatoms. The van der Waals surface area contributed by atoms with Gasteiger partial charge in [-0.25, -0.2) is 0 Å². The van der Waals surface area contributed by atoms with Crippen LogP contribution in [0.4, 0.5) is 0 Å². The number of nitrogens with zero attached hydrogens (tertiary/aromatic N) is 2. The van der Waals surface area contributed by atoms with Crippen LogP contribution in [-0.4, -0.2) is 28.0 Å². The van der Waals surface area contributed by atoms with Crippen LogP contribution in [0.3, 0.4) is 0 Å². The molecule has 2 atom stereocenters. The third kappa shape index (κ3) is 6.96. The topological polar surface area (TPSA) is 32.7 Å². The van der Waals surface area contributed by atoms with Crippen LogP contribution in [0, 0.1) is 5.92 Å². The molecule has 3 aliphatic carbocycles. The minimum Gasteiger partial charge on any atom is -0.286 e. The molecule has 3 aromatic carbocycles. The van der Waals surface area contributed by atoms with Crippen molar-refractivity contribution < 1.29 is 4.79 Å². The molecule has 1 amide bonds. The van der Waals surface area contributed by atoms with Crippen LogP contribution < -0.4 is 0 Å². The summed E-state index contributed by atoms with van der Waals surface area (Å²) in [5.41, 5.74) is 5.05. The molecule has 4 aliphatic rings. The van der Waals surface area contributed by atoms with Crippen LogP contribution in [0.15, 0.2) is 101 Å². The summed E-state index contributed by atoms with van der Waals surface area (Å²) >= 11 is 0. The van der Waals surface area contributed by atoms with E-state index in [0.29, 0.717) is 17.2 Å². The Morgan fingerprint density at radius 1 is 0.609 bits per heavy atom. The maximum absolute atomic E-state index is 15.1. The van der Waals surface area contributed by atoms with Crippen molar-refractivity contribution in [1.29, 1.82) is 0 Å². The second-order valence-electron chi connectivity index (χ2n) is 14.1. The minimum absolute atomic E-state index is 0.0771. The van der Waals surface area contributed by atoms with Gasteiger partial charge in [-0.3, -0.25) is 14.7 Å². The molecule has 0 unspecified atom stereocenters. The van der Waals surface area contributed by atoms with E-state index in [1.807, 2.05) is 0 Å². The lowest BCUT2D eigenvalue weighted by molar-refractivity contribution is -0.134. The lowest BCUT2D eigenvalue weighted by atomic mass is 9.86. The van der Waals surface area contributed by atoms with E-state index in [1.54, 1.807) is 0 Å². The molecule has 1 heterocycles. The van der Waals surface area contributed by atoms with Crippen molar-refractivity contribution in [3.05, 3.63) is 113 Å². The van der Waals surface area contributed by atoms with Crippen LogP contribution in [0.25, 0.3) is 6.08 Å². The smallest absolute Gasteiger partial charge is 0.231 e. The second-order valence-corrected chi connectivity index (χ2v) is 16.9. The zero-order valence-electron chi connectivity index (χ0n) is 27.5. The van der Waals surface area contributed by atoms with Gasteiger partial charge in [0.25, 0.3) is 0 Å². The average Bonchev–Trinajstić information content (AvgIpc) is 3.54. The number of rotatable bonds is 8. The van der Waals surface area contributed by atoms with E-state index in [2.05, 4.69) is 102 Å². The summed E-state index contributed by atoms with van der Waals surface area (Å²) < 4.78 is 0. The highest BCUT2D eigenvalue weighted by molar-refractivity contribution is 7.65. The molecule has 0 radical (unpaired) electrons. The minimum atomic E-state index is -0.503. The third-order valence-corrected chi connectivity index (χ3v) is 14.6. The average molecular weight is 631 g/mol. The summed E-state index contributed by atoms with van der Waals surface area (Å²) in [7, 11) is -0.503. The van der Waals surface area contributed by atoms with Gasteiger partial charge in [-0.2, -0.15) is 0 Å². The fourth-order valence-electron chi connectivity index (χ4n) is 8.77. The monoisotopic (exact) mass is 630 g/mol. The Morgan fingerprint density at radius 3 is 1.63 bits per heavy atom. The fraction of sp³-hybridized carbons (Fsp3) is 0.476. The molecule has 1 aliphatic heterocycles. The maximum atomic E-state index is 15.1. The summed E-state index contributed by atoms with van der Waals surface area (Å²) in [6, 6.07) is 32.3. The van der Waals surface area contributed by atoms with Crippen LogP contribution in [-0.2, 0) is 4.79 Å². The van der Waals surface area contributed by atoms with E-state index >= 15 is 4.79 Å². The molecule has 0 saturated heterocycles. The Balaban J connectivity index is 1.43. The summed E-state index contributed by atoms with van der Waals surface area (Å²) in [6.45, 7) is 0. The molecule has 0 spiro atoms. The second kappa shape index (κ2) is 15.2. The van der Waals surface area contributed by atoms with E-state index in [0.717, 1.165) is 31.5 Å². The first-order valence-electron chi connectivity index (χ1n) is 18.3. The first-order valence-corrected chi connectivity index (χ1v) is 19.8. The standard InChI is InChI=1S/C42H51N2OP/c45-42(35-25-13-4-14-26-35)44-40(34-23-11-3-12-24-34)39(33-21-9-2-10-22-33)43-41(44)38(31-32-19-7-1-8-20-32)46(36-27-15-5-16-28-36)37-29-17-6-18-30-37/h1-3,7-12,19-24,31,35-37,39-40H,4-6,13-18,25-30H2/b38-31+/t39-,40-/m0/s1. The molecular weight excluding hydrogens is 579 g/mol. The van der Waals surface area contributed by atoms with E-state index in [9.17, 15) is 0 Å². The third-order valence-electron chi connectivity index (χ3n) is 11.1. The van der Waals surface area contributed by atoms with Crippen molar-refractivity contribution >= 4 is 25.7 Å². The molecule has 3 saturated carbocycles. The molecule has 7 rings (SSSR count). The summed E-state index contributed by atoms with van der Waals surface area (Å²) in [5.74, 6) is 1.39. The summed E-state index contributed by atoms with van der Waals surface area (Å²) in [6.07, 6.45) is 21.4. The molecular formula is C42H51N2OP. The predicted octanol–water partition coefficient (Wildman–Crippen LogP) is 11.5. The summed E-state index contributed by atoms with van der Waals surface area (Å²) in [5, 5.41) is 1.41. The molecule has 0 N–H and O–H groups in total. The van der Waals surface area contributed by atoms with Crippen molar-refractivity contribution in [2.45, 2.75) is 120 Å². The first kappa shape index (κ1) is 31.6. The zero-order valence-corrected chi connectivity index (χ0v) is 28.4. The molecule has 0 aromatic heterocycles. The Morgan fingerprint density at radius 2 is 1.09 bits per heavy atom. The van der Waals surface area contributed by atoms with Gasteiger partial charge in [0.05, 0.1) is 6.04 Å². The van der Waals surface area contributed by atoms with Gasteiger partial charge < -0.3 is 0 Å². The van der Waals surface area contributed by atoms with E-state index in [1.165, 1.54) is 92.6 Å². The van der Waals surface area contributed by atoms with Crippen molar-refractivity contribution in [2.24, 2.45) is 10.9 Å². The Kier molecular flexibility index (Phi) is 10.5. The molecule has 3 fully saturated rings. The van der Waals surface area contributed by atoms with Gasteiger partial charge in [0.15, 0.2) is 0 Å². The van der Waals surface area contributed by atoms with Crippen molar-refractivity contribution in [2.75, 3.05) is 0 Å². The number of amidine groups is 1. The maximum Gasteiger partial charge on any atom is 0.231 e. The number of hydrogen-bond acceptors (Lipinski definition) is 2. The van der Waals surface area contributed by atoms with Crippen LogP contribution in [0.5, 0.6) is 0 Å². The van der Waals surface area contributed by atoms with E-state index < -0.39 is 7.92 Å². The number of hydrogen-bond donors (Lipinski definition) is 0. The van der Waals surface area contributed by atoms with Crippen molar-refractivity contribution in [3.63, 3.8) is 0 Å². The van der Waals surface area contributed by atoms with Gasteiger partial charge >= 0.3 is 0 Å². The largest absolute Gasteiger partial charge is 0.286 e. The lowest BCUT2D eigenvalue weighted by Gasteiger charge is -2.42. The van der Waals surface area contributed by atoms with Crippen LogP contribution in [0.2, 0.25) is 0 Å². The highest BCUT2D eigenvalue weighted by Crippen LogP contribution is 2.63. The fourth-order valence-corrected chi connectivity index (χ4v) is 12.7. The van der Waals surface area contributed by atoms with Crippen molar-refractivity contribution in [3.8, 4) is 0 Å². The van der Waals surface area contributed by atoms with Gasteiger partial charge in [-0.05, 0) is 72.6 Å². The van der Waals surface area contributed by atoms with Gasteiger partial charge in [0, 0.05) is 11.2 Å². The van der Waals surface area contributed by atoms with Gasteiger partial charge in [-0.1, -0.05) is 157 Å². The Hall–Kier alpha value is -3.03. The number of amides is 1. The van der Waals surface area contributed by atoms with Gasteiger partial charge in [0.1, 0.15) is 11.9 Å². The predicted molar refractivity (Wildman–Crippen MR) is 194 cm³/mol. The number of carbonyl (C=O) groups is 1. The molecule has 46 heavy (non-hydrogen) atoms. The number of benzene rings is 3. The van der Waals surface area contributed by atoms with Crippen molar-refractivity contribution in [1.82, 2.24) is 4.90 Å². The molecule has 0 bridgehead atoms. The molecule has 3 nitrogen and oxygen atoms in total. The highest BCUT2D eigenvalue weighted by atomic mass is 31.1. The SMILES string of the molecule is O=C(C1CCCCC1)N1C(/C(=C\c2ccccc2)P(C2CCCCC2)C2CCCCC2)=N[C@@H](c2ccccc2)[C@@H]1c1ccccc1. The number of carbonyl (C=O) groups excluding carboxylic acids is 1. The molecule has 240 valence electrons. The quantitative estimate of drug-likeness (QED) is 0.228. The summed E-state index contributed by atoms with van der Waals surface area (Å²) in [4.78, 5) is 23.2. The van der Waals surface area contributed by atoms with Gasteiger partial charge in [-0.15, -0.1) is 0 Å². The van der Waals surface area contributed by atoms with Crippen LogP contribution >= 0.6 is 7.92 Å². The van der Waals surface area contributed by atoms with E-state index in [-0.39, 0.29) is 18.0 Å². The first-order chi connectivity index (χ1) is 22.8. The zero-order chi connectivity index (χ0) is 31.1. The normalized spacial score (nSPS) is 23.9. The Bertz CT molecular complexity index is 1450. The van der Waals surface area contributed by atoms with E-state index in [4.69, 9.17) is 4.99 Å².